The molecule has 0 radical (unpaired) electrons. The maximum absolute atomic E-state index is 13.0. The lowest BCUT2D eigenvalue weighted by molar-refractivity contribution is -0.134. The minimum atomic E-state index is -0.0156. The summed E-state index contributed by atoms with van der Waals surface area (Å²) in [6, 6.07) is 6.20. The van der Waals surface area contributed by atoms with Gasteiger partial charge in [0.15, 0.2) is 5.82 Å². The molecule has 1 amide bonds. The Balaban J connectivity index is 1.26. The molecule has 1 spiro atoms. The van der Waals surface area contributed by atoms with Crippen molar-refractivity contribution in [2.45, 2.75) is 50.6 Å². The molecule has 2 aromatic heterocycles. The molecule has 4 heterocycles. The third-order valence-electron chi connectivity index (χ3n) is 7.75. The number of aromatic nitrogens is 3. The van der Waals surface area contributed by atoms with Crippen LogP contribution in [-0.2, 0) is 11.3 Å². The van der Waals surface area contributed by atoms with Crippen molar-refractivity contribution in [3.63, 3.8) is 0 Å². The number of carbonyl (C=O) groups is 1. The molecule has 2 atom stereocenters. The lowest BCUT2D eigenvalue weighted by Crippen LogP contribution is -2.41. The van der Waals surface area contributed by atoms with E-state index in [2.05, 4.69) is 35.5 Å². The number of hydrogen-bond donors (Lipinski definition) is 1. The second-order valence-electron chi connectivity index (χ2n) is 9.66. The van der Waals surface area contributed by atoms with E-state index >= 15 is 0 Å². The fourth-order valence-corrected chi connectivity index (χ4v) is 6.29. The molecule has 3 aliphatic rings. The Hall–Kier alpha value is -2.81. The highest BCUT2D eigenvalue weighted by molar-refractivity contribution is 9.10. The number of imidazole rings is 1. The number of nitrogens with zero attached hydrogens (tertiary/aromatic N) is 4. The van der Waals surface area contributed by atoms with Crippen LogP contribution in [0.3, 0.4) is 0 Å². The monoisotopic (exact) mass is 525 g/mol. The summed E-state index contributed by atoms with van der Waals surface area (Å²) in [5, 5.41) is 3.45. The number of anilines is 1. The van der Waals surface area contributed by atoms with Gasteiger partial charge in [0, 0.05) is 49.1 Å². The van der Waals surface area contributed by atoms with Gasteiger partial charge in [-0.1, -0.05) is 0 Å². The molecule has 1 N–H and O–H groups in total. The number of fused-ring (bicyclic) bond motifs is 2. The van der Waals surface area contributed by atoms with E-state index in [1.165, 1.54) is 0 Å². The van der Waals surface area contributed by atoms with Crippen molar-refractivity contribution in [2.75, 3.05) is 26.1 Å². The summed E-state index contributed by atoms with van der Waals surface area (Å²) < 4.78 is 13.7. The third kappa shape index (κ3) is 3.43. The first kappa shape index (κ1) is 21.7. The van der Waals surface area contributed by atoms with Gasteiger partial charge in [-0.15, -0.1) is 0 Å². The third-order valence-corrected chi connectivity index (χ3v) is 8.30. The number of carbonyl (C=O) groups excluding carboxylic acids is 1. The number of rotatable bonds is 6. The van der Waals surface area contributed by atoms with Gasteiger partial charge in [0.25, 0.3) is 0 Å². The number of hydrogen-bond acceptors (Lipinski definition) is 6. The van der Waals surface area contributed by atoms with E-state index in [0.29, 0.717) is 18.5 Å². The van der Waals surface area contributed by atoms with Crippen molar-refractivity contribution in [3.05, 3.63) is 46.6 Å². The highest BCUT2D eigenvalue weighted by atomic mass is 79.9. The van der Waals surface area contributed by atoms with Gasteiger partial charge in [0.2, 0.25) is 5.91 Å². The summed E-state index contributed by atoms with van der Waals surface area (Å²) in [6.07, 6.45) is 9.05. The highest BCUT2D eigenvalue weighted by Crippen LogP contribution is 2.57. The number of benzene rings is 1. The molecular weight excluding hydrogens is 498 g/mol. The molecule has 3 aromatic rings. The van der Waals surface area contributed by atoms with Crippen LogP contribution in [0.25, 0.3) is 5.52 Å². The SMILES string of the molecule is COc1ccc(CNc2nccn3c(C4CCC5CC6(CC6)C(=O)N5C4)nc(Br)c23)c(OC)c1. The van der Waals surface area contributed by atoms with Crippen LogP contribution < -0.4 is 14.8 Å². The average Bonchev–Trinajstić information content (AvgIpc) is 3.50. The van der Waals surface area contributed by atoms with E-state index in [0.717, 1.165) is 77.5 Å². The van der Waals surface area contributed by atoms with Crippen molar-refractivity contribution in [1.82, 2.24) is 19.3 Å². The van der Waals surface area contributed by atoms with Crippen molar-refractivity contribution < 1.29 is 14.3 Å². The molecule has 34 heavy (non-hydrogen) atoms. The van der Waals surface area contributed by atoms with Crippen molar-refractivity contribution >= 4 is 33.2 Å². The zero-order chi connectivity index (χ0) is 23.4. The number of halogens is 1. The number of piperidine rings is 1. The first-order valence-corrected chi connectivity index (χ1v) is 12.6. The summed E-state index contributed by atoms with van der Waals surface area (Å²) in [4.78, 5) is 24.6. The summed E-state index contributed by atoms with van der Waals surface area (Å²) >= 11 is 3.67. The minimum absolute atomic E-state index is 0.0156. The van der Waals surface area contributed by atoms with Gasteiger partial charge in [-0.05, 0) is 60.2 Å². The molecule has 2 aliphatic heterocycles. The Bertz CT molecular complexity index is 1270. The molecule has 3 fully saturated rings. The minimum Gasteiger partial charge on any atom is -0.497 e. The lowest BCUT2D eigenvalue weighted by Gasteiger charge is -2.34. The predicted octanol–water partition coefficient (Wildman–Crippen LogP) is 4.38. The zero-order valence-corrected chi connectivity index (χ0v) is 21.0. The Labute approximate surface area is 206 Å². The van der Waals surface area contributed by atoms with E-state index in [9.17, 15) is 4.79 Å². The maximum atomic E-state index is 13.0. The van der Waals surface area contributed by atoms with E-state index < -0.39 is 0 Å². The van der Waals surface area contributed by atoms with Gasteiger partial charge in [0.05, 0.1) is 19.6 Å². The fraction of sp³-hybridized carbons (Fsp3) is 0.480. The normalized spacial score (nSPS) is 22.8. The summed E-state index contributed by atoms with van der Waals surface area (Å²) in [6.45, 7) is 1.30. The number of ether oxygens (including phenoxy) is 2. The van der Waals surface area contributed by atoms with Crippen LogP contribution in [0.15, 0.2) is 35.2 Å². The smallest absolute Gasteiger partial charge is 0.229 e. The van der Waals surface area contributed by atoms with Crippen molar-refractivity contribution in [1.29, 1.82) is 0 Å². The van der Waals surface area contributed by atoms with Crippen LogP contribution in [0, 0.1) is 5.41 Å². The Kier molecular flexibility index (Phi) is 5.20. The molecule has 178 valence electrons. The fourth-order valence-electron chi connectivity index (χ4n) is 5.72. The Morgan fingerprint density at radius 3 is 2.85 bits per heavy atom. The number of amides is 1. The van der Waals surface area contributed by atoms with Crippen LogP contribution in [0.4, 0.5) is 5.82 Å². The maximum Gasteiger partial charge on any atom is 0.229 e. The van der Waals surface area contributed by atoms with Gasteiger partial charge in [-0.3, -0.25) is 9.20 Å². The molecule has 1 aromatic carbocycles. The Morgan fingerprint density at radius 1 is 1.24 bits per heavy atom. The zero-order valence-electron chi connectivity index (χ0n) is 19.4. The topological polar surface area (TPSA) is 81.0 Å². The van der Waals surface area contributed by atoms with E-state index in [-0.39, 0.29) is 11.3 Å². The van der Waals surface area contributed by atoms with Crippen LogP contribution in [0.1, 0.15) is 49.4 Å². The molecule has 1 saturated carbocycles. The molecule has 2 unspecified atom stereocenters. The van der Waals surface area contributed by atoms with Gasteiger partial charge in [-0.25, -0.2) is 9.97 Å². The Morgan fingerprint density at radius 2 is 2.09 bits per heavy atom. The van der Waals surface area contributed by atoms with Crippen LogP contribution in [0.2, 0.25) is 0 Å². The summed E-state index contributed by atoms with van der Waals surface area (Å²) in [5.74, 6) is 3.82. The molecule has 0 bridgehead atoms. The first-order chi connectivity index (χ1) is 16.5. The van der Waals surface area contributed by atoms with E-state index in [1.54, 1.807) is 20.4 Å². The van der Waals surface area contributed by atoms with Crippen molar-refractivity contribution in [2.24, 2.45) is 5.41 Å². The van der Waals surface area contributed by atoms with Crippen molar-refractivity contribution in [3.8, 4) is 11.5 Å². The number of methoxy groups -OCH3 is 2. The molecule has 6 rings (SSSR count). The average molecular weight is 526 g/mol. The summed E-state index contributed by atoms with van der Waals surface area (Å²) in [5.41, 5.74) is 1.89. The van der Waals surface area contributed by atoms with Crippen LogP contribution >= 0.6 is 15.9 Å². The largest absolute Gasteiger partial charge is 0.497 e. The highest BCUT2D eigenvalue weighted by Gasteiger charge is 2.60. The second kappa shape index (κ2) is 8.15. The van der Waals surface area contributed by atoms with E-state index in [4.69, 9.17) is 14.5 Å². The molecule has 2 saturated heterocycles. The quantitative estimate of drug-likeness (QED) is 0.514. The molecule has 9 heteroatoms. The molecule has 1 aliphatic carbocycles. The van der Waals surface area contributed by atoms with Gasteiger partial charge < -0.3 is 19.7 Å². The van der Waals surface area contributed by atoms with Crippen LogP contribution in [0.5, 0.6) is 11.5 Å². The second-order valence-corrected chi connectivity index (χ2v) is 10.4. The van der Waals surface area contributed by atoms with Crippen LogP contribution in [-0.4, -0.2) is 52.0 Å². The van der Waals surface area contributed by atoms with Gasteiger partial charge in [-0.2, -0.15) is 0 Å². The van der Waals surface area contributed by atoms with E-state index in [1.807, 2.05) is 24.4 Å². The standard InChI is InChI=1S/C25H28BrN5O3/c1-33-18-6-4-15(19(11-18)34-2)13-28-22-20-21(26)29-23(30(20)10-9-27-22)16-3-5-17-12-25(7-8-25)24(32)31(17)14-16/h4,6,9-11,16-17H,3,5,7-8,12-14H2,1-2H3,(H,27,28). The first-order valence-electron chi connectivity index (χ1n) is 11.8. The predicted molar refractivity (Wildman–Crippen MR) is 131 cm³/mol. The summed E-state index contributed by atoms with van der Waals surface area (Å²) in [7, 11) is 3.30. The van der Waals surface area contributed by atoms with Gasteiger partial charge in [0.1, 0.15) is 27.4 Å². The molecular formula is C25H28BrN5O3. The lowest BCUT2D eigenvalue weighted by atomic mass is 9.91. The van der Waals surface area contributed by atoms with Gasteiger partial charge >= 0.3 is 0 Å². The number of nitrogens with one attached hydrogen (secondary N) is 1. The molecule has 8 nitrogen and oxygen atoms in total.